The van der Waals surface area contributed by atoms with Gasteiger partial charge in [-0.25, -0.2) is 0 Å². The van der Waals surface area contributed by atoms with E-state index >= 15 is 0 Å². The van der Waals surface area contributed by atoms with Gasteiger partial charge < -0.3 is 10.9 Å². The zero-order valence-corrected chi connectivity index (χ0v) is 5.03. The molecule has 54 valence electrons. The van der Waals surface area contributed by atoms with Crippen LogP contribution in [0, 0.1) is 10.1 Å². The quantitative estimate of drug-likeness (QED) is 0.422. The number of rotatable bonds is 1. The molecule has 0 saturated carbocycles. The molecular weight excluding hydrogens is 130 g/mol. The van der Waals surface area contributed by atoms with Gasteiger partial charge in [0.05, 0.1) is 7.11 Å². The Morgan fingerprint density at radius 1 is 1.78 bits per heavy atom. The van der Waals surface area contributed by atoms with Crippen LogP contribution in [0.15, 0.2) is 0 Å². The number of nitrogens with zero attached hydrogens (tertiary/aromatic N) is 2. The van der Waals surface area contributed by atoms with Crippen LogP contribution in [0.1, 0.15) is 0 Å². The number of hydrogen-bond acceptors (Lipinski definition) is 4. The molecule has 0 aromatic rings. The maximum absolute atomic E-state index is 9.79. The highest BCUT2D eigenvalue weighted by Crippen LogP contribution is 1.89. The number of nitro groups is 1. The molecule has 0 fully saturated rings. The normalized spacial score (nSPS) is 6.78. The summed E-state index contributed by atoms with van der Waals surface area (Å²) >= 11 is 0. The van der Waals surface area contributed by atoms with Crippen LogP contribution in [0.3, 0.4) is 0 Å². The van der Waals surface area contributed by atoms with Crippen molar-refractivity contribution in [2.45, 2.75) is 0 Å². The van der Waals surface area contributed by atoms with E-state index in [0.717, 1.165) is 7.11 Å². The summed E-state index contributed by atoms with van der Waals surface area (Å²) < 4.78 is 3.81. The van der Waals surface area contributed by atoms with Crippen molar-refractivity contribution < 1.29 is 14.6 Å². The number of amides is 1. The summed E-state index contributed by atoms with van der Waals surface area (Å²) in [5, 5.41) is 8.19. The Kier molecular flexibility index (Phi) is 5.62. The first kappa shape index (κ1) is 10.6. The van der Waals surface area contributed by atoms with Crippen molar-refractivity contribution in [3.8, 4) is 0 Å². The minimum atomic E-state index is -1.20. The third-order valence-corrected chi connectivity index (χ3v) is 0.338. The van der Waals surface area contributed by atoms with E-state index in [-0.39, 0.29) is 6.15 Å². The summed E-state index contributed by atoms with van der Waals surface area (Å²) in [6, 6.07) is 0. The summed E-state index contributed by atoms with van der Waals surface area (Å²) in [6.45, 7) is 0. The molecule has 0 unspecified atom stereocenters. The molecule has 4 N–H and O–H groups in total. The molecular formula is C2H7N3O4. The summed E-state index contributed by atoms with van der Waals surface area (Å²) in [6.07, 6.45) is -1.20. The van der Waals surface area contributed by atoms with Crippen molar-refractivity contribution >= 4 is 6.09 Å². The van der Waals surface area contributed by atoms with Crippen molar-refractivity contribution in [3.63, 3.8) is 0 Å². The zero-order chi connectivity index (χ0) is 6.57. The molecule has 0 atom stereocenters. The number of ether oxygens (including phenoxy) is 1. The van der Waals surface area contributed by atoms with Gasteiger partial charge in [-0.15, -0.1) is 0 Å². The van der Waals surface area contributed by atoms with E-state index in [4.69, 9.17) is 0 Å². The second kappa shape index (κ2) is 4.78. The molecule has 0 aromatic carbocycles. The smallest absolute Gasteiger partial charge is 0.286 e. The lowest BCUT2D eigenvalue weighted by Crippen LogP contribution is -2.01. The molecule has 0 heterocycles. The Bertz CT molecular complexity index is 112. The van der Waals surface area contributed by atoms with Crippen LogP contribution in [-0.2, 0) is 4.74 Å². The highest BCUT2D eigenvalue weighted by Gasteiger charge is 1.87. The zero-order valence-electron chi connectivity index (χ0n) is 5.03. The molecule has 1 amide bonds. The molecule has 0 saturated heterocycles. The predicted molar refractivity (Wildman–Crippen MR) is 28.7 cm³/mol. The van der Waals surface area contributed by atoms with Gasteiger partial charge in [-0.05, 0) is 5.03 Å². The molecule has 0 rings (SSSR count). The second-order valence-corrected chi connectivity index (χ2v) is 0.808. The van der Waals surface area contributed by atoms with Gasteiger partial charge in [-0.1, -0.05) is 0 Å². The second-order valence-electron chi connectivity index (χ2n) is 0.808. The van der Waals surface area contributed by atoms with E-state index in [1.807, 2.05) is 0 Å². The lowest BCUT2D eigenvalue weighted by molar-refractivity contribution is -0.419. The Morgan fingerprint density at radius 3 is 2.33 bits per heavy atom. The van der Waals surface area contributed by atoms with Gasteiger partial charge in [-0.2, -0.15) is 0 Å². The van der Waals surface area contributed by atoms with Gasteiger partial charge in [0.2, 0.25) is 0 Å². The van der Waals surface area contributed by atoms with Crippen molar-refractivity contribution in [1.82, 2.24) is 6.15 Å². The molecule has 9 heavy (non-hydrogen) atoms. The van der Waals surface area contributed by atoms with Crippen molar-refractivity contribution in [3.05, 3.63) is 15.5 Å². The van der Waals surface area contributed by atoms with Crippen LogP contribution in [-0.4, -0.2) is 18.2 Å². The predicted octanol–water partition coefficient (Wildman–Crippen LogP) is 0.694. The average molecular weight is 137 g/mol. The monoisotopic (exact) mass is 137 g/mol. The Labute approximate surface area is 50.7 Å². The van der Waals surface area contributed by atoms with E-state index in [2.05, 4.69) is 10.2 Å². The maximum atomic E-state index is 9.79. The standard InChI is InChI=1S/C2H4N2O4.H3N/c1-8-2(5)3-4(6)7;/h1H3,(H,3,5);1H3. The fraction of sp³-hybridized carbons (Fsp3) is 0.500. The first-order valence-corrected chi connectivity index (χ1v) is 1.61. The maximum Gasteiger partial charge on any atom is 0.286 e. The van der Waals surface area contributed by atoms with Crippen LogP contribution in [0.2, 0.25) is 0 Å². The topological polar surface area (TPSA) is 120 Å². The SMILES string of the molecule is COC(=O)[N-][N+](=O)[O-].[NH4+]. The van der Waals surface area contributed by atoms with Crippen LogP contribution >= 0.6 is 0 Å². The lowest BCUT2D eigenvalue weighted by atomic mass is 11.2. The molecule has 0 aromatic heterocycles. The van der Waals surface area contributed by atoms with E-state index in [9.17, 15) is 14.9 Å². The minimum Gasteiger partial charge on any atom is -0.478 e. The number of quaternary nitrogens is 1. The van der Waals surface area contributed by atoms with Crippen molar-refractivity contribution in [2.24, 2.45) is 0 Å². The van der Waals surface area contributed by atoms with Gasteiger partial charge in [0, 0.05) is 0 Å². The number of methoxy groups -OCH3 is 1. The number of carbonyl (C=O) groups excluding carboxylic acids is 1. The van der Waals surface area contributed by atoms with E-state index in [0.29, 0.717) is 0 Å². The lowest BCUT2D eigenvalue weighted by Gasteiger charge is -2.03. The minimum absolute atomic E-state index is 0. The molecule has 0 radical (unpaired) electrons. The van der Waals surface area contributed by atoms with Crippen LogP contribution < -0.4 is 6.15 Å². The van der Waals surface area contributed by atoms with Gasteiger partial charge in [0.15, 0.2) is 0 Å². The highest BCUT2D eigenvalue weighted by atomic mass is 16.7. The van der Waals surface area contributed by atoms with Crippen LogP contribution in [0.25, 0.3) is 5.43 Å². The third kappa shape index (κ3) is 6.63. The summed E-state index contributed by atoms with van der Waals surface area (Å²) in [4.78, 5) is 19.1. The largest absolute Gasteiger partial charge is 0.478 e. The average Bonchev–Trinajstić information content (AvgIpc) is 1.65. The van der Waals surface area contributed by atoms with Crippen LogP contribution in [0.4, 0.5) is 4.79 Å². The molecule has 7 heteroatoms. The fourth-order valence-electron chi connectivity index (χ4n) is 0.107. The van der Waals surface area contributed by atoms with Gasteiger partial charge >= 0.3 is 0 Å². The summed E-state index contributed by atoms with van der Waals surface area (Å²) in [7, 11) is 1.01. The molecule has 7 nitrogen and oxygen atoms in total. The van der Waals surface area contributed by atoms with E-state index < -0.39 is 11.1 Å². The fourth-order valence-corrected chi connectivity index (χ4v) is 0.107. The molecule has 0 bridgehead atoms. The first-order valence-electron chi connectivity index (χ1n) is 1.61. The van der Waals surface area contributed by atoms with Gasteiger partial charge in [0.25, 0.3) is 6.09 Å². The highest BCUT2D eigenvalue weighted by molar-refractivity contribution is 5.78. The summed E-state index contributed by atoms with van der Waals surface area (Å²) in [5.74, 6) is 0. The first-order chi connectivity index (χ1) is 3.66. The van der Waals surface area contributed by atoms with Crippen molar-refractivity contribution in [2.75, 3.05) is 7.11 Å². The summed E-state index contributed by atoms with van der Waals surface area (Å²) in [5.41, 5.74) is 2.26. The Balaban J connectivity index is 0. The number of hydrogen-bond donors (Lipinski definition) is 1. The molecule has 0 aliphatic rings. The molecule has 0 aliphatic heterocycles. The van der Waals surface area contributed by atoms with Crippen LogP contribution in [0.5, 0.6) is 0 Å². The van der Waals surface area contributed by atoms with Gasteiger partial charge in [0.1, 0.15) is 0 Å². The van der Waals surface area contributed by atoms with Gasteiger partial charge in [-0.3, -0.25) is 20.3 Å². The Hall–Kier alpha value is -1.37. The molecule has 0 spiro atoms. The third-order valence-electron chi connectivity index (χ3n) is 0.338. The Morgan fingerprint density at radius 2 is 2.22 bits per heavy atom. The number of carbonyl (C=O) groups is 1. The van der Waals surface area contributed by atoms with E-state index in [1.165, 1.54) is 0 Å². The molecule has 0 aliphatic carbocycles. The van der Waals surface area contributed by atoms with Crippen molar-refractivity contribution in [1.29, 1.82) is 0 Å². The van der Waals surface area contributed by atoms with E-state index in [1.54, 1.807) is 0 Å².